The Kier molecular flexibility index (Phi) is 6.77. The highest BCUT2D eigenvalue weighted by molar-refractivity contribution is 5.85. The summed E-state index contributed by atoms with van der Waals surface area (Å²) in [7, 11) is 0. The van der Waals surface area contributed by atoms with E-state index < -0.39 is 0 Å². The second kappa shape index (κ2) is 8.82. The fourth-order valence-corrected chi connectivity index (χ4v) is 2.75. The minimum absolute atomic E-state index is 0. The van der Waals surface area contributed by atoms with Crippen LogP contribution in [0, 0.1) is 5.82 Å². The van der Waals surface area contributed by atoms with Gasteiger partial charge in [-0.3, -0.25) is 9.88 Å². The topological polar surface area (TPSA) is 37.4 Å². The van der Waals surface area contributed by atoms with E-state index in [-0.39, 0.29) is 18.2 Å². The molecule has 1 N–H and O–H groups in total. The molecular formula is C17H21ClFN3O. The van der Waals surface area contributed by atoms with Crippen molar-refractivity contribution in [2.75, 3.05) is 32.8 Å². The second-order valence-corrected chi connectivity index (χ2v) is 5.35. The zero-order valence-electron chi connectivity index (χ0n) is 12.8. The van der Waals surface area contributed by atoms with Crippen molar-refractivity contribution in [1.82, 2.24) is 15.2 Å². The first-order chi connectivity index (χ1) is 10.8. The van der Waals surface area contributed by atoms with Gasteiger partial charge in [0.05, 0.1) is 0 Å². The zero-order valence-corrected chi connectivity index (χ0v) is 13.6. The normalized spacial score (nSPS) is 18.2. The minimum atomic E-state index is -0.270. The number of piperazine rings is 1. The molecule has 3 rings (SSSR count). The van der Waals surface area contributed by atoms with Crippen molar-refractivity contribution in [3.63, 3.8) is 0 Å². The lowest BCUT2D eigenvalue weighted by molar-refractivity contribution is 0.133. The van der Waals surface area contributed by atoms with Crippen molar-refractivity contribution in [1.29, 1.82) is 0 Å². The van der Waals surface area contributed by atoms with Gasteiger partial charge < -0.3 is 10.1 Å². The van der Waals surface area contributed by atoms with E-state index in [0.717, 1.165) is 26.2 Å². The molecule has 1 aliphatic rings. The average Bonchev–Trinajstić information content (AvgIpc) is 2.56. The molecule has 1 aromatic heterocycles. The van der Waals surface area contributed by atoms with Gasteiger partial charge in [0.1, 0.15) is 18.2 Å². The predicted octanol–water partition coefficient (Wildman–Crippen LogP) is 2.67. The first-order valence-electron chi connectivity index (χ1n) is 7.56. The van der Waals surface area contributed by atoms with E-state index in [9.17, 15) is 4.39 Å². The molecule has 1 aliphatic heterocycles. The predicted molar refractivity (Wildman–Crippen MR) is 90.6 cm³/mol. The monoisotopic (exact) mass is 337 g/mol. The van der Waals surface area contributed by atoms with Gasteiger partial charge in [-0.1, -0.05) is 12.1 Å². The molecule has 1 unspecified atom stereocenters. The maximum atomic E-state index is 13.1. The van der Waals surface area contributed by atoms with Gasteiger partial charge in [-0.05, 0) is 23.8 Å². The van der Waals surface area contributed by atoms with Crippen LogP contribution in [-0.4, -0.2) is 42.7 Å². The maximum absolute atomic E-state index is 13.1. The quantitative estimate of drug-likeness (QED) is 0.910. The van der Waals surface area contributed by atoms with Crippen molar-refractivity contribution >= 4 is 12.4 Å². The minimum Gasteiger partial charge on any atom is -0.492 e. The van der Waals surface area contributed by atoms with Crippen LogP contribution in [-0.2, 0) is 0 Å². The number of nitrogens with zero attached hydrogens (tertiary/aromatic N) is 2. The maximum Gasteiger partial charge on any atom is 0.126 e. The highest BCUT2D eigenvalue weighted by Gasteiger charge is 2.23. The van der Waals surface area contributed by atoms with E-state index in [1.807, 2.05) is 12.3 Å². The summed E-state index contributed by atoms with van der Waals surface area (Å²) < 4.78 is 18.8. The van der Waals surface area contributed by atoms with Crippen LogP contribution < -0.4 is 10.1 Å². The Labute approximate surface area is 142 Å². The Hall–Kier alpha value is -1.69. The number of halogens is 2. The third-order valence-corrected chi connectivity index (χ3v) is 3.87. The summed E-state index contributed by atoms with van der Waals surface area (Å²) in [4.78, 5) is 6.59. The summed E-state index contributed by atoms with van der Waals surface area (Å²) in [6.45, 7) is 4.19. The standard InChI is InChI=1S/C17H20FN3O.ClH/c18-15-4-1-5-16(11-15)22-10-9-21-8-7-20-13-17(21)14-3-2-6-19-12-14;/h1-6,11-12,17,20H,7-10,13H2;1H. The average molecular weight is 338 g/mol. The molecule has 1 atom stereocenters. The van der Waals surface area contributed by atoms with E-state index in [4.69, 9.17) is 4.74 Å². The first kappa shape index (κ1) is 17.7. The van der Waals surface area contributed by atoms with Crippen molar-refractivity contribution in [3.8, 4) is 5.75 Å². The third-order valence-electron chi connectivity index (χ3n) is 3.87. The van der Waals surface area contributed by atoms with E-state index in [1.165, 1.54) is 17.7 Å². The SMILES string of the molecule is Cl.Fc1cccc(OCCN2CCNCC2c2cccnc2)c1. The van der Waals surface area contributed by atoms with Gasteiger partial charge in [-0.2, -0.15) is 0 Å². The lowest BCUT2D eigenvalue weighted by atomic mass is 10.1. The van der Waals surface area contributed by atoms with E-state index in [2.05, 4.69) is 21.3 Å². The van der Waals surface area contributed by atoms with Crippen LogP contribution in [0.25, 0.3) is 0 Å². The Balaban J connectivity index is 0.00000192. The Morgan fingerprint density at radius 3 is 3.00 bits per heavy atom. The van der Waals surface area contributed by atoms with Gasteiger partial charge in [0.2, 0.25) is 0 Å². The largest absolute Gasteiger partial charge is 0.492 e. The molecule has 0 spiro atoms. The van der Waals surface area contributed by atoms with Crippen LogP contribution in [0.1, 0.15) is 11.6 Å². The summed E-state index contributed by atoms with van der Waals surface area (Å²) in [6.07, 6.45) is 3.70. The molecule has 1 aromatic carbocycles. The Bertz CT molecular complexity index is 599. The number of ether oxygens (including phenoxy) is 1. The third kappa shape index (κ3) is 4.89. The smallest absolute Gasteiger partial charge is 0.126 e. The fraction of sp³-hybridized carbons (Fsp3) is 0.353. The molecule has 0 aliphatic carbocycles. The number of rotatable bonds is 5. The van der Waals surface area contributed by atoms with Crippen LogP contribution in [0.3, 0.4) is 0 Å². The first-order valence-corrected chi connectivity index (χ1v) is 7.56. The van der Waals surface area contributed by atoms with Gasteiger partial charge in [0.15, 0.2) is 0 Å². The van der Waals surface area contributed by atoms with Gasteiger partial charge in [0, 0.05) is 50.7 Å². The zero-order chi connectivity index (χ0) is 15.2. The molecule has 23 heavy (non-hydrogen) atoms. The number of hydrogen-bond acceptors (Lipinski definition) is 4. The van der Waals surface area contributed by atoms with Crippen molar-refractivity contribution < 1.29 is 9.13 Å². The number of pyridine rings is 1. The molecule has 0 radical (unpaired) electrons. The van der Waals surface area contributed by atoms with E-state index >= 15 is 0 Å². The molecule has 6 heteroatoms. The fourth-order valence-electron chi connectivity index (χ4n) is 2.75. The Morgan fingerprint density at radius 2 is 2.22 bits per heavy atom. The molecule has 0 saturated carbocycles. The van der Waals surface area contributed by atoms with Gasteiger partial charge in [0.25, 0.3) is 0 Å². The van der Waals surface area contributed by atoms with Gasteiger partial charge in [-0.25, -0.2) is 4.39 Å². The highest BCUT2D eigenvalue weighted by atomic mass is 35.5. The van der Waals surface area contributed by atoms with Crippen LogP contribution >= 0.6 is 12.4 Å². The van der Waals surface area contributed by atoms with Crippen molar-refractivity contribution in [3.05, 3.63) is 60.2 Å². The number of hydrogen-bond donors (Lipinski definition) is 1. The van der Waals surface area contributed by atoms with Crippen LogP contribution in [0.2, 0.25) is 0 Å². The molecule has 124 valence electrons. The lowest BCUT2D eigenvalue weighted by Gasteiger charge is -2.36. The molecule has 2 aromatic rings. The van der Waals surface area contributed by atoms with Crippen LogP contribution in [0.4, 0.5) is 4.39 Å². The molecule has 0 bridgehead atoms. The number of nitrogens with one attached hydrogen (secondary N) is 1. The van der Waals surface area contributed by atoms with Gasteiger partial charge in [-0.15, -0.1) is 12.4 Å². The summed E-state index contributed by atoms with van der Waals surface area (Å²) >= 11 is 0. The molecule has 1 saturated heterocycles. The molecular weight excluding hydrogens is 317 g/mol. The summed E-state index contributed by atoms with van der Waals surface area (Å²) in [5.74, 6) is 0.306. The van der Waals surface area contributed by atoms with Crippen molar-refractivity contribution in [2.24, 2.45) is 0 Å². The number of benzene rings is 1. The molecule has 2 heterocycles. The van der Waals surface area contributed by atoms with Gasteiger partial charge >= 0.3 is 0 Å². The van der Waals surface area contributed by atoms with Crippen LogP contribution in [0.5, 0.6) is 5.75 Å². The summed E-state index contributed by atoms with van der Waals surface area (Å²) in [5, 5.41) is 3.42. The van der Waals surface area contributed by atoms with E-state index in [1.54, 1.807) is 18.3 Å². The lowest BCUT2D eigenvalue weighted by Crippen LogP contribution is -2.47. The second-order valence-electron chi connectivity index (χ2n) is 5.35. The summed E-state index contributed by atoms with van der Waals surface area (Å²) in [6, 6.07) is 10.6. The molecule has 0 amide bonds. The molecule has 4 nitrogen and oxygen atoms in total. The Morgan fingerprint density at radius 1 is 1.30 bits per heavy atom. The highest BCUT2D eigenvalue weighted by Crippen LogP contribution is 2.21. The number of aromatic nitrogens is 1. The summed E-state index contributed by atoms with van der Waals surface area (Å²) in [5.41, 5.74) is 1.21. The van der Waals surface area contributed by atoms with Crippen molar-refractivity contribution in [2.45, 2.75) is 6.04 Å². The molecule has 1 fully saturated rings. The van der Waals surface area contributed by atoms with Crippen LogP contribution in [0.15, 0.2) is 48.8 Å². The van der Waals surface area contributed by atoms with E-state index in [0.29, 0.717) is 18.4 Å².